The molecule has 0 aromatic carbocycles. The minimum atomic E-state index is -0.597. The van der Waals surface area contributed by atoms with Gasteiger partial charge in [-0.1, -0.05) is 6.07 Å². The molecular weight excluding hydrogens is 157 g/mol. The van der Waals surface area contributed by atoms with Crippen molar-refractivity contribution in [2.45, 2.75) is 12.5 Å². The molecule has 1 aromatic heterocycles. The highest BCUT2D eigenvalue weighted by molar-refractivity contribution is 5.16. The Balaban J connectivity index is 2.88. The summed E-state index contributed by atoms with van der Waals surface area (Å²) in [5, 5.41) is 8.32. The first-order chi connectivity index (χ1) is 5.75. The maximum Gasteiger partial charge on any atom is 0.217 e. The van der Waals surface area contributed by atoms with E-state index in [9.17, 15) is 4.39 Å². The quantitative estimate of drug-likeness (QED) is 0.668. The van der Waals surface area contributed by atoms with Gasteiger partial charge in [0, 0.05) is 17.8 Å². The Labute approximate surface area is 69.6 Å². The van der Waals surface area contributed by atoms with E-state index in [1.54, 1.807) is 6.07 Å². The predicted octanol–water partition coefficient (Wildman–Crippen LogP) is 1.13. The maximum absolute atomic E-state index is 12.9. The van der Waals surface area contributed by atoms with Gasteiger partial charge in [0.15, 0.2) is 0 Å². The molecule has 62 valence electrons. The molecular formula is C8H8FN3. The smallest absolute Gasteiger partial charge is 0.217 e. The van der Waals surface area contributed by atoms with Crippen molar-refractivity contribution in [2.75, 3.05) is 0 Å². The highest BCUT2D eigenvalue weighted by Crippen LogP contribution is 2.14. The van der Waals surface area contributed by atoms with Crippen molar-refractivity contribution in [3.8, 4) is 6.07 Å². The molecule has 0 saturated carbocycles. The van der Waals surface area contributed by atoms with E-state index >= 15 is 0 Å². The Bertz CT molecular complexity index is 305. The summed E-state index contributed by atoms with van der Waals surface area (Å²) in [5.74, 6) is -0.597. The van der Waals surface area contributed by atoms with Crippen LogP contribution in [0.3, 0.4) is 0 Å². The molecule has 0 radical (unpaired) electrons. The molecule has 4 heteroatoms. The SMILES string of the molecule is N#CC[C@H](N)c1cccnc1F. The molecule has 0 spiro atoms. The van der Waals surface area contributed by atoms with E-state index < -0.39 is 12.0 Å². The molecule has 0 amide bonds. The van der Waals surface area contributed by atoms with Crippen molar-refractivity contribution in [2.24, 2.45) is 5.73 Å². The van der Waals surface area contributed by atoms with Gasteiger partial charge in [0.25, 0.3) is 0 Å². The number of halogens is 1. The largest absolute Gasteiger partial charge is 0.323 e. The van der Waals surface area contributed by atoms with E-state index in [1.807, 2.05) is 6.07 Å². The molecule has 2 N–H and O–H groups in total. The van der Waals surface area contributed by atoms with E-state index in [-0.39, 0.29) is 6.42 Å². The Morgan fingerprint density at radius 3 is 3.08 bits per heavy atom. The monoisotopic (exact) mass is 165 g/mol. The van der Waals surface area contributed by atoms with Crippen LogP contribution in [0, 0.1) is 17.3 Å². The van der Waals surface area contributed by atoms with Crippen LogP contribution in [0.1, 0.15) is 18.0 Å². The fourth-order valence-corrected chi connectivity index (χ4v) is 0.883. The van der Waals surface area contributed by atoms with E-state index in [2.05, 4.69) is 4.98 Å². The van der Waals surface area contributed by atoms with Gasteiger partial charge in [-0.05, 0) is 6.07 Å². The van der Waals surface area contributed by atoms with Gasteiger partial charge in [0.1, 0.15) is 0 Å². The Kier molecular flexibility index (Phi) is 2.72. The van der Waals surface area contributed by atoms with E-state index in [0.717, 1.165) is 0 Å². The summed E-state index contributed by atoms with van der Waals surface area (Å²) in [6.07, 6.45) is 1.44. The summed E-state index contributed by atoms with van der Waals surface area (Å²) in [7, 11) is 0. The number of pyridine rings is 1. The van der Waals surface area contributed by atoms with E-state index in [1.165, 1.54) is 12.3 Å². The number of aromatic nitrogens is 1. The van der Waals surface area contributed by atoms with E-state index in [4.69, 9.17) is 11.0 Å². The summed E-state index contributed by atoms with van der Waals surface area (Å²) >= 11 is 0. The first-order valence-corrected chi connectivity index (χ1v) is 3.48. The third-order valence-corrected chi connectivity index (χ3v) is 1.50. The molecule has 12 heavy (non-hydrogen) atoms. The van der Waals surface area contributed by atoms with Gasteiger partial charge in [0.05, 0.1) is 12.5 Å². The lowest BCUT2D eigenvalue weighted by Crippen LogP contribution is -2.11. The molecule has 0 aliphatic carbocycles. The second-order valence-electron chi connectivity index (χ2n) is 2.35. The molecule has 1 heterocycles. The number of nitrogens with two attached hydrogens (primary N) is 1. The van der Waals surface area contributed by atoms with Crippen molar-refractivity contribution in [1.29, 1.82) is 5.26 Å². The summed E-state index contributed by atoms with van der Waals surface area (Å²) in [4.78, 5) is 3.43. The molecule has 1 atom stereocenters. The molecule has 1 aromatic rings. The standard InChI is InChI=1S/C8H8FN3/c9-8-6(2-1-5-12-8)7(11)3-4-10/h1-2,5,7H,3,11H2/t7-/m0/s1. The molecule has 1 rings (SSSR count). The molecule has 0 aliphatic rings. The molecule has 0 fully saturated rings. The highest BCUT2D eigenvalue weighted by atomic mass is 19.1. The summed E-state index contributed by atoms with van der Waals surface area (Å²) in [6.45, 7) is 0. The van der Waals surface area contributed by atoms with Crippen molar-refractivity contribution in [3.05, 3.63) is 29.8 Å². The summed E-state index contributed by atoms with van der Waals surface area (Å²) < 4.78 is 12.9. The number of nitrogens with zero attached hydrogens (tertiary/aromatic N) is 2. The van der Waals surface area contributed by atoms with Crippen molar-refractivity contribution < 1.29 is 4.39 Å². The lowest BCUT2D eigenvalue weighted by Gasteiger charge is -2.06. The average molecular weight is 165 g/mol. The minimum absolute atomic E-state index is 0.0998. The van der Waals surface area contributed by atoms with Gasteiger partial charge in [-0.3, -0.25) is 0 Å². The zero-order valence-electron chi connectivity index (χ0n) is 6.37. The lowest BCUT2D eigenvalue weighted by atomic mass is 10.1. The zero-order valence-corrected chi connectivity index (χ0v) is 6.37. The van der Waals surface area contributed by atoms with Crippen LogP contribution in [0.4, 0.5) is 4.39 Å². The first-order valence-electron chi connectivity index (χ1n) is 3.48. The average Bonchev–Trinajstić information content (AvgIpc) is 2.05. The van der Waals surface area contributed by atoms with Crippen LogP contribution in [0.5, 0.6) is 0 Å². The first kappa shape index (κ1) is 8.62. The summed E-state index contributed by atoms with van der Waals surface area (Å²) in [6, 6.07) is 4.42. The van der Waals surface area contributed by atoms with Gasteiger partial charge in [-0.2, -0.15) is 9.65 Å². The molecule has 3 nitrogen and oxygen atoms in total. The second kappa shape index (κ2) is 3.79. The Morgan fingerprint density at radius 1 is 1.75 bits per heavy atom. The van der Waals surface area contributed by atoms with Crippen molar-refractivity contribution >= 4 is 0 Å². The van der Waals surface area contributed by atoms with E-state index in [0.29, 0.717) is 5.56 Å². The van der Waals surface area contributed by atoms with Crippen LogP contribution in [-0.4, -0.2) is 4.98 Å². The van der Waals surface area contributed by atoms with Gasteiger partial charge in [-0.15, -0.1) is 0 Å². The molecule has 0 saturated heterocycles. The normalized spacial score (nSPS) is 12.1. The second-order valence-corrected chi connectivity index (χ2v) is 2.35. The maximum atomic E-state index is 12.9. The van der Waals surface area contributed by atoms with Gasteiger partial charge in [-0.25, -0.2) is 4.98 Å². The fraction of sp³-hybridized carbons (Fsp3) is 0.250. The van der Waals surface area contributed by atoms with Crippen LogP contribution in [0.25, 0.3) is 0 Å². The highest BCUT2D eigenvalue weighted by Gasteiger charge is 2.10. The Morgan fingerprint density at radius 2 is 2.50 bits per heavy atom. The predicted molar refractivity (Wildman–Crippen MR) is 41.4 cm³/mol. The number of hydrogen-bond donors (Lipinski definition) is 1. The Hall–Kier alpha value is -1.47. The van der Waals surface area contributed by atoms with Gasteiger partial charge in [0.2, 0.25) is 5.95 Å². The van der Waals surface area contributed by atoms with Crippen LogP contribution in [0.2, 0.25) is 0 Å². The van der Waals surface area contributed by atoms with Gasteiger partial charge < -0.3 is 5.73 Å². The molecule has 0 unspecified atom stereocenters. The van der Waals surface area contributed by atoms with Crippen LogP contribution < -0.4 is 5.73 Å². The number of rotatable bonds is 2. The summed E-state index contributed by atoms with van der Waals surface area (Å²) in [5.41, 5.74) is 5.79. The van der Waals surface area contributed by atoms with Crippen LogP contribution in [-0.2, 0) is 0 Å². The van der Waals surface area contributed by atoms with Crippen LogP contribution >= 0.6 is 0 Å². The number of nitriles is 1. The third kappa shape index (κ3) is 1.77. The molecule has 0 aliphatic heterocycles. The number of hydrogen-bond acceptors (Lipinski definition) is 3. The minimum Gasteiger partial charge on any atom is -0.323 e. The van der Waals surface area contributed by atoms with Gasteiger partial charge >= 0.3 is 0 Å². The van der Waals surface area contributed by atoms with Crippen molar-refractivity contribution in [1.82, 2.24) is 4.98 Å². The lowest BCUT2D eigenvalue weighted by molar-refractivity contribution is 0.546. The zero-order chi connectivity index (χ0) is 8.97. The topological polar surface area (TPSA) is 62.7 Å². The third-order valence-electron chi connectivity index (χ3n) is 1.50. The van der Waals surface area contributed by atoms with Crippen LogP contribution in [0.15, 0.2) is 18.3 Å². The van der Waals surface area contributed by atoms with Crippen molar-refractivity contribution in [3.63, 3.8) is 0 Å². The fourth-order valence-electron chi connectivity index (χ4n) is 0.883. The molecule has 0 bridgehead atoms.